The third-order valence-corrected chi connectivity index (χ3v) is 6.28. The number of hydrogen-bond donors (Lipinski definition) is 0. The topological polar surface area (TPSA) is 17.1 Å². The second-order valence-electron chi connectivity index (χ2n) is 7.16. The van der Waals surface area contributed by atoms with Gasteiger partial charge in [-0.15, -0.1) is 0 Å². The van der Waals surface area contributed by atoms with E-state index in [1.165, 1.54) is 36.8 Å². The lowest BCUT2D eigenvalue weighted by Crippen LogP contribution is -2.38. The Morgan fingerprint density at radius 3 is 2.56 bits per heavy atom. The van der Waals surface area contributed by atoms with Gasteiger partial charge in [-0.05, 0) is 56.8 Å². The summed E-state index contributed by atoms with van der Waals surface area (Å²) in [5.74, 6) is 0.613. The fraction of sp³-hybridized carbons (Fsp3) is 0.824. The number of ketones is 1. The summed E-state index contributed by atoms with van der Waals surface area (Å²) in [5, 5.41) is 0. The molecule has 0 saturated heterocycles. The Morgan fingerprint density at radius 2 is 2.00 bits per heavy atom. The van der Waals surface area contributed by atoms with E-state index in [9.17, 15) is 4.79 Å². The molecule has 3 atom stereocenters. The Morgan fingerprint density at radius 1 is 1.33 bits per heavy atom. The Balaban J connectivity index is 2.43. The van der Waals surface area contributed by atoms with Crippen LogP contribution in [0.3, 0.4) is 0 Å². The zero-order valence-electron chi connectivity index (χ0n) is 12.7. The number of Topliss-reactive ketones (excluding diaryl/α,β-unsaturated/α-hetero) is 1. The minimum Gasteiger partial charge on any atom is -0.299 e. The molecule has 2 aliphatic carbocycles. The first-order valence-corrected chi connectivity index (χ1v) is 7.52. The SMILES string of the molecule is CCC1(C)CCC2=C(C)CC1(C)CCC2C(C)=O. The minimum atomic E-state index is 0.230. The van der Waals surface area contributed by atoms with Crippen LogP contribution in [0.2, 0.25) is 0 Å². The van der Waals surface area contributed by atoms with Gasteiger partial charge in [-0.2, -0.15) is 0 Å². The monoisotopic (exact) mass is 248 g/mol. The van der Waals surface area contributed by atoms with Gasteiger partial charge in [-0.1, -0.05) is 38.3 Å². The van der Waals surface area contributed by atoms with E-state index in [0.29, 0.717) is 16.6 Å². The highest BCUT2D eigenvalue weighted by molar-refractivity contribution is 5.81. The lowest BCUT2D eigenvalue weighted by molar-refractivity contribution is -0.120. The van der Waals surface area contributed by atoms with Crippen LogP contribution in [-0.2, 0) is 4.79 Å². The first-order chi connectivity index (χ1) is 8.33. The van der Waals surface area contributed by atoms with Crippen molar-refractivity contribution in [1.82, 2.24) is 0 Å². The Kier molecular flexibility index (Phi) is 3.46. The Labute approximate surface area is 112 Å². The van der Waals surface area contributed by atoms with Crippen LogP contribution in [0.4, 0.5) is 0 Å². The molecule has 0 spiro atoms. The quantitative estimate of drug-likeness (QED) is 0.635. The molecule has 0 heterocycles. The van der Waals surface area contributed by atoms with Gasteiger partial charge in [-0.3, -0.25) is 4.79 Å². The van der Waals surface area contributed by atoms with Gasteiger partial charge in [0.15, 0.2) is 0 Å². The predicted molar refractivity (Wildman–Crippen MR) is 76.5 cm³/mol. The summed E-state index contributed by atoms with van der Waals surface area (Å²) in [6, 6.07) is 0. The second-order valence-corrected chi connectivity index (χ2v) is 7.16. The van der Waals surface area contributed by atoms with E-state index in [2.05, 4.69) is 27.7 Å². The van der Waals surface area contributed by atoms with E-state index in [1.807, 2.05) is 0 Å². The molecular weight excluding hydrogens is 220 g/mol. The molecule has 1 nitrogen and oxygen atoms in total. The first kappa shape index (κ1) is 13.8. The standard InChI is InChI=1S/C17H28O/c1-6-16(4)9-7-14-12(2)11-17(16,5)10-8-15(14)13(3)18/h15H,6-11H2,1-5H3. The summed E-state index contributed by atoms with van der Waals surface area (Å²) in [4.78, 5) is 11.9. The molecule has 102 valence electrons. The van der Waals surface area contributed by atoms with Crippen LogP contribution >= 0.6 is 0 Å². The van der Waals surface area contributed by atoms with Gasteiger partial charge < -0.3 is 0 Å². The number of allylic oxidation sites excluding steroid dienone is 2. The molecule has 0 saturated carbocycles. The third-order valence-electron chi connectivity index (χ3n) is 6.28. The van der Waals surface area contributed by atoms with Crippen molar-refractivity contribution >= 4 is 5.78 Å². The average molecular weight is 248 g/mol. The molecule has 0 fully saturated rings. The average Bonchev–Trinajstić information content (AvgIpc) is 2.48. The van der Waals surface area contributed by atoms with Crippen LogP contribution in [0.1, 0.15) is 73.1 Å². The molecule has 0 N–H and O–H groups in total. The van der Waals surface area contributed by atoms with E-state index in [4.69, 9.17) is 0 Å². The van der Waals surface area contributed by atoms with E-state index in [1.54, 1.807) is 6.92 Å². The first-order valence-electron chi connectivity index (χ1n) is 7.52. The number of carbonyl (C=O) groups is 1. The largest absolute Gasteiger partial charge is 0.299 e. The summed E-state index contributed by atoms with van der Waals surface area (Å²) in [6.45, 7) is 11.3. The van der Waals surface area contributed by atoms with Gasteiger partial charge in [0.2, 0.25) is 0 Å². The molecule has 0 amide bonds. The summed E-state index contributed by atoms with van der Waals surface area (Å²) in [7, 11) is 0. The van der Waals surface area contributed by atoms with Gasteiger partial charge in [0.25, 0.3) is 0 Å². The van der Waals surface area contributed by atoms with Crippen molar-refractivity contribution in [2.24, 2.45) is 16.7 Å². The van der Waals surface area contributed by atoms with Gasteiger partial charge in [-0.25, -0.2) is 0 Å². The third kappa shape index (κ3) is 1.96. The zero-order valence-corrected chi connectivity index (χ0v) is 12.7. The number of rotatable bonds is 2. The summed E-state index contributed by atoms with van der Waals surface area (Å²) in [6.07, 6.45) is 7.16. The van der Waals surface area contributed by atoms with E-state index in [-0.39, 0.29) is 5.92 Å². The van der Waals surface area contributed by atoms with Gasteiger partial charge in [0.05, 0.1) is 0 Å². The molecule has 18 heavy (non-hydrogen) atoms. The summed E-state index contributed by atoms with van der Waals surface area (Å²) < 4.78 is 0. The lowest BCUT2D eigenvalue weighted by Gasteiger charge is -2.47. The fourth-order valence-electron chi connectivity index (χ4n) is 4.39. The maximum Gasteiger partial charge on any atom is 0.136 e. The van der Waals surface area contributed by atoms with Gasteiger partial charge in [0, 0.05) is 5.92 Å². The molecule has 1 heteroatoms. The molecule has 2 aliphatic rings. The number of hydrogen-bond acceptors (Lipinski definition) is 1. The van der Waals surface area contributed by atoms with Crippen molar-refractivity contribution in [3.8, 4) is 0 Å². The maximum atomic E-state index is 11.9. The van der Waals surface area contributed by atoms with Crippen LogP contribution in [0.15, 0.2) is 11.1 Å². The van der Waals surface area contributed by atoms with Crippen LogP contribution in [-0.4, -0.2) is 5.78 Å². The predicted octanol–water partition coefficient (Wildman–Crippen LogP) is 4.91. The van der Waals surface area contributed by atoms with E-state index >= 15 is 0 Å². The van der Waals surface area contributed by atoms with Crippen molar-refractivity contribution in [2.75, 3.05) is 0 Å². The summed E-state index contributed by atoms with van der Waals surface area (Å²) >= 11 is 0. The Hall–Kier alpha value is -0.590. The van der Waals surface area contributed by atoms with Crippen LogP contribution < -0.4 is 0 Å². The molecule has 2 rings (SSSR count). The van der Waals surface area contributed by atoms with Crippen molar-refractivity contribution in [1.29, 1.82) is 0 Å². The highest BCUT2D eigenvalue weighted by Gasteiger charge is 2.47. The van der Waals surface area contributed by atoms with Gasteiger partial charge >= 0.3 is 0 Å². The fourth-order valence-corrected chi connectivity index (χ4v) is 4.39. The molecule has 0 radical (unpaired) electrons. The molecule has 0 aromatic carbocycles. The van der Waals surface area contributed by atoms with Crippen LogP contribution in [0.5, 0.6) is 0 Å². The van der Waals surface area contributed by atoms with Crippen LogP contribution in [0.25, 0.3) is 0 Å². The maximum absolute atomic E-state index is 11.9. The molecule has 0 aliphatic heterocycles. The molecule has 0 aromatic rings. The molecule has 0 aromatic heterocycles. The van der Waals surface area contributed by atoms with E-state index < -0.39 is 0 Å². The normalized spacial score (nSPS) is 40.6. The molecule has 2 bridgehead atoms. The molecular formula is C17H28O. The van der Waals surface area contributed by atoms with Crippen LogP contribution in [0, 0.1) is 16.7 Å². The van der Waals surface area contributed by atoms with Gasteiger partial charge in [0.1, 0.15) is 5.78 Å². The number of fused-ring (bicyclic) bond motifs is 2. The smallest absolute Gasteiger partial charge is 0.136 e. The lowest BCUT2D eigenvalue weighted by atomic mass is 9.58. The zero-order chi connectivity index (χ0) is 13.6. The van der Waals surface area contributed by atoms with Crippen molar-refractivity contribution in [3.63, 3.8) is 0 Å². The molecule has 3 unspecified atom stereocenters. The van der Waals surface area contributed by atoms with Crippen molar-refractivity contribution in [2.45, 2.75) is 73.1 Å². The summed E-state index contributed by atoms with van der Waals surface area (Å²) in [5.41, 5.74) is 3.84. The number of carbonyl (C=O) groups excluding carboxylic acids is 1. The van der Waals surface area contributed by atoms with E-state index in [0.717, 1.165) is 12.8 Å². The van der Waals surface area contributed by atoms with Crippen molar-refractivity contribution < 1.29 is 4.79 Å². The Bertz CT molecular complexity index is 392. The van der Waals surface area contributed by atoms with Crippen molar-refractivity contribution in [3.05, 3.63) is 11.1 Å². The highest BCUT2D eigenvalue weighted by atomic mass is 16.1. The second kappa shape index (κ2) is 4.51. The highest BCUT2D eigenvalue weighted by Crippen LogP contribution is 2.58. The minimum absolute atomic E-state index is 0.230.